The Balaban J connectivity index is 2.22. The molecule has 18 heavy (non-hydrogen) atoms. The zero-order chi connectivity index (χ0) is 13.1. The summed E-state index contributed by atoms with van der Waals surface area (Å²) in [5.74, 6) is 0.311. The molecule has 6 nitrogen and oxygen atoms in total. The summed E-state index contributed by atoms with van der Waals surface area (Å²) in [5.41, 5.74) is 0.973. The number of rotatable bonds is 4. The van der Waals surface area contributed by atoms with Crippen LogP contribution >= 0.6 is 0 Å². The van der Waals surface area contributed by atoms with Crippen molar-refractivity contribution in [1.29, 1.82) is 0 Å². The van der Waals surface area contributed by atoms with E-state index in [1.165, 1.54) is 13.2 Å². The summed E-state index contributed by atoms with van der Waals surface area (Å²) in [6.07, 6.45) is 1.08. The topological polar surface area (TPSA) is 67.6 Å². The molecule has 1 saturated heterocycles. The van der Waals surface area contributed by atoms with Crippen LogP contribution in [-0.4, -0.2) is 38.2 Å². The largest absolute Gasteiger partial charge is 0.490 e. The summed E-state index contributed by atoms with van der Waals surface area (Å²) in [6, 6.07) is 5.49. The first kappa shape index (κ1) is 12.6. The lowest BCUT2D eigenvalue weighted by atomic mass is 10.2. The Labute approximate surface area is 106 Å². The second-order valence-electron chi connectivity index (χ2n) is 4.33. The van der Waals surface area contributed by atoms with E-state index in [2.05, 4.69) is 10.2 Å². The predicted molar refractivity (Wildman–Crippen MR) is 69.3 cm³/mol. The number of nitro benzene ring substituents is 1. The van der Waals surface area contributed by atoms with E-state index in [9.17, 15) is 10.1 Å². The normalized spacial score (nSPS) is 19.0. The molecule has 0 radical (unpaired) electrons. The molecule has 2 rings (SSSR count). The van der Waals surface area contributed by atoms with Gasteiger partial charge in [0.1, 0.15) is 0 Å². The molecule has 1 aliphatic rings. The fourth-order valence-electron chi connectivity index (χ4n) is 2.24. The fraction of sp³-hybridized carbons (Fsp3) is 0.500. The lowest BCUT2D eigenvalue weighted by molar-refractivity contribution is -0.385. The number of nitro groups is 1. The predicted octanol–water partition coefficient (Wildman–Crippen LogP) is 1.40. The van der Waals surface area contributed by atoms with E-state index in [1.54, 1.807) is 12.1 Å². The van der Waals surface area contributed by atoms with Gasteiger partial charge in [-0.1, -0.05) is 0 Å². The molecule has 6 heteroatoms. The maximum atomic E-state index is 10.8. The molecule has 1 atom stereocenters. The van der Waals surface area contributed by atoms with E-state index in [0.717, 1.165) is 25.2 Å². The van der Waals surface area contributed by atoms with Crippen LogP contribution in [0.5, 0.6) is 5.75 Å². The van der Waals surface area contributed by atoms with Crippen LogP contribution in [0.3, 0.4) is 0 Å². The average Bonchev–Trinajstić information content (AvgIpc) is 2.86. The Morgan fingerprint density at radius 2 is 2.33 bits per heavy atom. The first-order chi connectivity index (χ1) is 8.65. The van der Waals surface area contributed by atoms with Gasteiger partial charge in [-0.3, -0.25) is 10.1 Å². The van der Waals surface area contributed by atoms with Gasteiger partial charge in [0, 0.05) is 37.0 Å². The second-order valence-corrected chi connectivity index (χ2v) is 4.33. The van der Waals surface area contributed by atoms with Gasteiger partial charge in [0.25, 0.3) is 0 Å². The van der Waals surface area contributed by atoms with Crippen LogP contribution < -0.4 is 15.0 Å². The number of ether oxygens (including phenoxy) is 1. The second kappa shape index (κ2) is 5.22. The summed E-state index contributed by atoms with van der Waals surface area (Å²) < 4.78 is 5.08. The lowest BCUT2D eigenvalue weighted by Gasteiger charge is -2.19. The van der Waals surface area contributed by atoms with Gasteiger partial charge < -0.3 is 15.0 Å². The van der Waals surface area contributed by atoms with Crippen molar-refractivity contribution in [2.75, 3.05) is 32.1 Å². The number of nitrogens with zero attached hydrogens (tertiary/aromatic N) is 2. The molecule has 1 N–H and O–H groups in total. The van der Waals surface area contributed by atoms with Crippen LogP contribution in [0, 0.1) is 10.1 Å². The molecule has 1 aromatic carbocycles. The summed E-state index contributed by atoms with van der Waals surface area (Å²) in [5, 5.41) is 14.1. The Bertz CT molecular complexity index is 450. The van der Waals surface area contributed by atoms with E-state index < -0.39 is 4.92 Å². The van der Waals surface area contributed by atoms with Gasteiger partial charge in [-0.2, -0.15) is 0 Å². The summed E-state index contributed by atoms with van der Waals surface area (Å²) in [4.78, 5) is 12.6. The minimum atomic E-state index is -0.428. The molecule has 1 aliphatic heterocycles. The molecule has 0 spiro atoms. The van der Waals surface area contributed by atoms with E-state index in [1.807, 2.05) is 7.05 Å². The number of benzene rings is 1. The lowest BCUT2D eigenvalue weighted by Crippen LogP contribution is -2.29. The van der Waals surface area contributed by atoms with Crippen molar-refractivity contribution >= 4 is 11.4 Å². The molecule has 1 unspecified atom stereocenters. The summed E-state index contributed by atoms with van der Waals surface area (Å²) in [6.45, 7) is 1.87. The highest BCUT2D eigenvalue weighted by Crippen LogP contribution is 2.32. The minimum absolute atomic E-state index is 0.00520. The number of methoxy groups -OCH3 is 1. The Morgan fingerprint density at radius 3 is 2.89 bits per heavy atom. The van der Waals surface area contributed by atoms with Crippen molar-refractivity contribution in [2.45, 2.75) is 12.5 Å². The monoisotopic (exact) mass is 251 g/mol. The highest BCUT2D eigenvalue weighted by atomic mass is 16.6. The van der Waals surface area contributed by atoms with Crippen molar-refractivity contribution in [3.63, 3.8) is 0 Å². The Hall–Kier alpha value is -1.82. The van der Waals surface area contributed by atoms with E-state index in [4.69, 9.17) is 4.74 Å². The zero-order valence-corrected chi connectivity index (χ0v) is 10.5. The number of anilines is 1. The first-order valence-electron chi connectivity index (χ1n) is 5.90. The van der Waals surface area contributed by atoms with Gasteiger partial charge in [-0.05, 0) is 19.5 Å². The molecular formula is C12H17N3O3. The van der Waals surface area contributed by atoms with Gasteiger partial charge in [-0.25, -0.2) is 0 Å². The quantitative estimate of drug-likeness (QED) is 0.647. The molecule has 1 fully saturated rings. The van der Waals surface area contributed by atoms with Crippen LogP contribution in [0.2, 0.25) is 0 Å². The SMILES string of the molecule is CNC1CCN(c2ccc([N+](=O)[O-])c(OC)c2)C1. The Kier molecular flexibility index (Phi) is 3.66. The first-order valence-corrected chi connectivity index (χ1v) is 5.90. The zero-order valence-electron chi connectivity index (χ0n) is 10.5. The third-order valence-electron chi connectivity index (χ3n) is 3.32. The molecule has 1 heterocycles. The van der Waals surface area contributed by atoms with E-state index >= 15 is 0 Å². The van der Waals surface area contributed by atoms with Crippen LogP contribution in [-0.2, 0) is 0 Å². The summed E-state index contributed by atoms with van der Waals surface area (Å²) in [7, 11) is 3.40. The third-order valence-corrected chi connectivity index (χ3v) is 3.32. The molecule has 0 bridgehead atoms. The molecule has 0 aromatic heterocycles. The van der Waals surface area contributed by atoms with Gasteiger partial charge >= 0.3 is 5.69 Å². The van der Waals surface area contributed by atoms with Crippen LogP contribution in [0.15, 0.2) is 18.2 Å². The van der Waals surface area contributed by atoms with Crippen molar-refractivity contribution < 1.29 is 9.66 Å². The fourth-order valence-corrected chi connectivity index (χ4v) is 2.24. The molecule has 1 aromatic rings. The van der Waals surface area contributed by atoms with Crippen molar-refractivity contribution in [3.8, 4) is 5.75 Å². The van der Waals surface area contributed by atoms with Gasteiger partial charge in [0.05, 0.1) is 12.0 Å². The van der Waals surface area contributed by atoms with Crippen molar-refractivity contribution in [2.24, 2.45) is 0 Å². The maximum absolute atomic E-state index is 10.8. The molecular weight excluding hydrogens is 234 g/mol. The molecule has 0 saturated carbocycles. The standard InChI is InChI=1S/C12H17N3O3/c1-13-9-5-6-14(8-9)10-3-4-11(15(16)17)12(7-10)18-2/h3-4,7,9,13H,5-6,8H2,1-2H3. The molecule has 98 valence electrons. The smallest absolute Gasteiger partial charge is 0.311 e. The van der Waals surface area contributed by atoms with Gasteiger partial charge in [0.2, 0.25) is 0 Å². The Morgan fingerprint density at radius 1 is 1.56 bits per heavy atom. The summed E-state index contributed by atoms with van der Waals surface area (Å²) >= 11 is 0. The molecule has 0 amide bonds. The highest BCUT2D eigenvalue weighted by Gasteiger charge is 2.23. The van der Waals surface area contributed by atoms with E-state index in [0.29, 0.717) is 11.8 Å². The van der Waals surface area contributed by atoms with Gasteiger partial charge in [-0.15, -0.1) is 0 Å². The number of likely N-dealkylation sites (N-methyl/N-ethyl adjacent to an activating group) is 1. The number of nitrogens with one attached hydrogen (secondary N) is 1. The van der Waals surface area contributed by atoms with Gasteiger partial charge in [0.15, 0.2) is 5.75 Å². The van der Waals surface area contributed by atoms with Crippen molar-refractivity contribution in [1.82, 2.24) is 5.32 Å². The highest BCUT2D eigenvalue weighted by molar-refractivity contribution is 5.59. The third kappa shape index (κ3) is 2.38. The average molecular weight is 251 g/mol. The minimum Gasteiger partial charge on any atom is -0.490 e. The van der Waals surface area contributed by atoms with Crippen LogP contribution in [0.25, 0.3) is 0 Å². The molecule has 0 aliphatic carbocycles. The van der Waals surface area contributed by atoms with E-state index in [-0.39, 0.29) is 5.69 Å². The van der Waals surface area contributed by atoms with Crippen LogP contribution in [0.4, 0.5) is 11.4 Å². The van der Waals surface area contributed by atoms with Crippen LogP contribution in [0.1, 0.15) is 6.42 Å². The number of hydrogen-bond donors (Lipinski definition) is 1. The van der Waals surface area contributed by atoms with Crippen molar-refractivity contribution in [3.05, 3.63) is 28.3 Å². The number of hydrogen-bond acceptors (Lipinski definition) is 5. The maximum Gasteiger partial charge on any atom is 0.311 e.